The third kappa shape index (κ3) is 6.44. The molecule has 2 atom stereocenters. The van der Waals surface area contributed by atoms with Crippen molar-refractivity contribution in [3.8, 4) is 11.5 Å². The highest BCUT2D eigenvalue weighted by Crippen LogP contribution is 2.31. The molecule has 0 bridgehead atoms. The van der Waals surface area contributed by atoms with Crippen LogP contribution in [0.3, 0.4) is 0 Å². The Balaban J connectivity index is 1.61. The molecule has 0 saturated heterocycles. The van der Waals surface area contributed by atoms with Crippen molar-refractivity contribution in [1.29, 1.82) is 0 Å². The van der Waals surface area contributed by atoms with E-state index in [0.29, 0.717) is 35.8 Å². The summed E-state index contributed by atoms with van der Waals surface area (Å²) in [5.41, 5.74) is 1.19. The molecule has 2 unspecified atom stereocenters. The highest BCUT2D eigenvalue weighted by atomic mass is 32.2. The number of methoxy groups -OCH3 is 2. The Morgan fingerprint density at radius 3 is 2.37 bits per heavy atom. The zero-order valence-electron chi connectivity index (χ0n) is 20.3. The van der Waals surface area contributed by atoms with Gasteiger partial charge in [0.05, 0.1) is 25.2 Å². The van der Waals surface area contributed by atoms with E-state index in [-0.39, 0.29) is 28.7 Å². The van der Waals surface area contributed by atoms with Crippen molar-refractivity contribution in [2.75, 3.05) is 38.4 Å². The van der Waals surface area contributed by atoms with Crippen LogP contribution in [0.5, 0.6) is 11.5 Å². The smallest absolute Gasteiger partial charge is 0.277 e. The Labute approximate surface area is 209 Å². The van der Waals surface area contributed by atoms with Gasteiger partial charge in [-0.05, 0) is 5.92 Å². The van der Waals surface area contributed by atoms with Crippen molar-refractivity contribution in [3.05, 3.63) is 42.3 Å². The molecule has 10 nitrogen and oxygen atoms in total. The van der Waals surface area contributed by atoms with E-state index in [9.17, 15) is 13.2 Å². The minimum Gasteiger partial charge on any atom is -0.497 e. The lowest BCUT2D eigenvalue weighted by Crippen LogP contribution is -2.40. The molecule has 1 N–H and O–H groups in total. The SMILES string of the molecule is CCN(CC)S(=O)(=O)C1C=CC(c2nnc(SCC(=O)Nc3cc(OC)cc(OC)c3)o2)=CC1C. The number of anilines is 1. The number of carbonyl (C=O) groups is 1. The standard InChI is InChI=1S/C23H30N4O6S2/c1-6-27(7-2)35(29,30)20-9-8-16(10-15(20)3)22-25-26-23(33-22)34-14-21(28)24-17-11-18(31-4)13-19(12-17)32-5/h8-13,15,20H,6-7,14H2,1-5H3,(H,24,28). The molecule has 1 amide bonds. The van der Waals surface area contributed by atoms with Gasteiger partial charge >= 0.3 is 0 Å². The molecular weight excluding hydrogens is 492 g/mol. The number of nitrogens with zero attached hydrogens (tertiary/aromatic N) is 3. The van der Waals surface area contributed by atoms with Crippen molar-refractivity contribution in [2.24, 2.45) is 5.92 Å². The van der Waals surface area contributed by atoms with Crippen LogP contribution in [0.1, 0.15) is 26.7 Å². The number of amides is 1. The van der Waals surface area contributed by atoms with E-state index in [0.717, 1.165) is 11.8 Å². The molecular formula is C23H30N4O6S2. The summed E-state index contributed by atoms with van der Waals surface area (Å²) in [6.45, 7) is 6.35. The van der Waals surface area contributed by atoms with Crippen LogP contribution in [0.15, 0.2) is 46.1 Å². The summed E-state index contributed by atoms with van der Waals surface area (Å²) in [5, 5.41) is 10.4. The average molecular weight is 523 g/mol. The molecule has 0 spiro atoms. The molecule has 12 heteroatoms. The number of aromatic nitrogens is 2. The number of carbonyl (C=O) groups excluding carboxylic acids is 1. The Morgan fingerprint density at radius 1 is 1.14 bits per heavy atom. The number of hydrogen-bond donors (Lipinski definition) is 1. The van der Waals surface area contributed by atoms with Crippen LogP contribution < -0.4 is 14.8 Å². The lowest BCUT2D eigenvalue weighted by Gasteiger charge is -2.28. The van der Waals surface area contributed by atoms with Crippen molar-refractivity contribution in [3.63, 3.8) is 0 Å². The summed E-state index contributed by atoms with van der Waals surface area (Å²) in [6, 6.07) is 5.08. The quantitative estimate of drug-likeness (QED) is 0.442. The third-order valence-corrected chi connectivity index (χ3v) is 8.78. The van der Waals surface area contributed by atoms with Crippen LogP contribution in [-0.4, -0.2) is 67.1 Å². The molecule has 35 heavy (non-hydrogen) atoms. The van der Waals surface area contributed by atoms with Crippen molar-refractivity contribution in [1.82, 2.24) is 14.5 Å². The van der Waals surface area contributed by atoms with Crippen LogP contribution in [0.4, 0.5) is 5.69 Å². The van der Waals surface area contributed by atoms with Crippen molar-refractivity contribution < 1.29 is 27.1 Å². The van der Waals surface area contributed by atoms with E-state index in [2.05, 4.69) is 15.5 Å². The largest absolute Gasteiger partial charge is 0.497 e. The van der Waals surface area contributed by atoms with Crippen LogP contribution in [-0.2, 0) is 14.8 Å². The molecule has 2 aromatic rings. The summed E-state index contributed by atoms with van der Waals surface area (Å²) < 4.78 is 43.4. The van der Waals surface area contributed by atoms with E-state index in [1.807, 2.05) is 26.8 Å². The van der Waals surface area contributed by atoms with Gasteiger partial charge in [-0.25, -0.2) is 12.7 Å². The molecule has 190 valence electrons. The van der Waals surface area contributed by atoms with E-state index >= 15 is 0 Å². The Hall–Kier alpha value is -2.83. The number of hydrogen-bond acceptors (Lipinski definition) is 9. The predicted molar refractivity (Wildman–Crippen MR) is 135 cm³/mol. The van der Waals surface area contributed by atoms with Crippen LogP contribution in [0.2, 0.25) is 0 Å². The molecule has 1 aromatic heterocycles. The maximum Gasteiger partial charge on any atom is 0.277 e. The molecule has 1 aliphatic rings. The fraction of sp³-hybridized carbons (Fsp3) is 0.435. The average Bonchev–Trinajstić information content (AvgIpc) is 3.32. The van der Waals surface area contributed by atoms with Gasteiger partial charge in [0.15, 0.2) is 0 Å². The second kappa shape index (κ2) is 11.7. The van der Waals surface area contributed by atoms with Gasteiger partial charge in [0.25, 0.3) is 5.22 Å². The first-order chi connectivity index (χ1) is 16.7. The first kappa shape index (κ1) is 26.8. The van der Waals surface area contributed by atoms with Gasteiger partial charge < -0.3 is 19.2 Å². The van der Waals surface area contributed by atoms with Crippen molar-refractivity contribution in [2.45, 2.75) is 31.2 Å². The Morgan fingerprint density at radius 2 is 1.80 bits per heavy atom. The monoisotopic (exact) mass is 522 g/mol. The Kier molecular flexibility index (Phi) is 8.98. The van der Waals surface area contributed by atoms with Crippen LogP contribution >= 0.6 is 11.8 Å². The molecule has 1 heterocycles. The number of sulfonamides is 1. The molecule has 1 aliphatic carbocycles. The minimum absolute atomic E-state index is 0.0522. The first-order valence-electron chi connectivity index (χ1n) is 11.1. The number of ether oxygens (including phenoxy) is 2. The lowest BCUT2D eigenvalue weighted by atomic mass is 9.97. The van der Waals surface area contributed by atoms with Crippen LogP contribution in [0.25, 0.3) is 5.57 Å². The van der Waals surface area contributed by atoms with E-state index < -0.39 is 15.3 Å². The summed E-state index contributed by atoms with van der Waals surface area (Å²) in [7, 11) is -0.390. The Bertz CT molecular complexity index is 1180. The van der Waals surface area contributed by atoms with Gasteiger partial charge in [-0.2, -0.15) is 0 Å². The van der Waals surface area contributed by atoms with Gasteiger partial charge in [-0.15, -0.1) is 10.2 Å². The number of thioether (sulfide) groups is 1. The van der Waals surface area contributed by atoms with E-state index in [1.165, 1.54) is 18.5 Å². The van der Waals surface area contributed by atoms with Gasteiger partial charge in [0.2, 0.25) is 21.8 Å². The molecule has 0 radical (unpaired) electrons. The van der Waals surface area contributed by atoms with Gasteiger partial charge in [0, 0.05) is 42.5 Å². The van der Waals surface area contributed by atoms with Crippen LogP contribution in [0, 0.1) is 5.92 Å². The number of benzene rings is 1. The molecule has 3 rings (SSSR count). The maximum absolute atomic E-state index is 12.9. The summed E-state index contributed by atoms with van der Waals surface area (Å²) >= 11 is 1.10. The van der Waals surface area contributed by atoms with Crippen molar-refractivity contribution >= 4 is 39.0 Å². The molecule has 0 fully saturated rings. The summed E-state index contributed by atoms with van der Waals surface area (Å²) in [6.07, 6.45) is 5.17. The second-order valence-electron chi connectivity index (χ2n) is 7.75. The topological polar surface area (TPSA) is 124 Å². The van der Waals surface area contributed by atoms with E-state index in [4.69, 9.17) is 13.9 Å². The highest BCUT2D eigenvalue weighted by molar-refractivity contribution is 7.99. The number of nitrogens with one attached hydrogen (secondary N) is 1. The maximum atomic E-state index is 12.9. The van der Waals surface area contributed by atoms with Gasteiger partial charge in [0.1, 0.15) is 11.5 Å². The third-order valence-electron chi connectivity index (χ3n) is 5.45. The predicted octanol–water partition coefficient (Wildman–Crippen LogP) is 3.45. The fourth-order valence-corrected chi connectivity index (χ4v) is 6.19. The fourth-order valence-electron chi connectivity index (χ4n) is 3.66. The number of rotatable bonds is 11. The molecule has 0 saturated carbocycles. The first-order valence-corrected chi connectivity index (χ1v) is 13.6. The highest BCUT2D eigenvalue weighted by Gasteiger charge is 2.34. The zero-order chi connectivity index (χ0) is 25.6. The summed E-state index contributed by atoms with van der Waals surface area (Å²) in [4.78, 5) is 12.4. The van der Waals surface area contributed by atoms with Gasteiger partial charge in [-0.3, -0.25) is 4.79 Å². The molecule has 1 aromatic carbocycles. The number of allylic oxidation sites excluding steroid dienone is 3. The van der Waals surface area contributed by atoms with Gasteiger partial charge in [-0.1, -0.05) is 50.8 Å². The lowest BCUT2D eigenvalue weighted by molar-refractivity contribution is -0.113. The second-order valence-corrected chi connectivity index (χ2v) is 10.8. The normalized spacial score (nSPS) is 17.8. The minimum atomic E-state index is -3.46. The summed E-state index contributed by atoms with van der Waals surface area (Å²) in [5.74, 6) is 0.908. The molecule has 0 aliphatic heterocycles. The van der Waals surface area contributed by atoms with E-state index in [1.54, 1.807) is 30.4 Å². The zero-order valence-corrected chi connectivity index (χ0v) is 22.0.